The maximum Gasteiger partial charge on any atom is 0.114 e. The number of allylic oxidation sites excluding steroid dienone is 2. The Morgan fingerprint density at radius 2 is 1.86 bits per heavy atom. The summed E-state index contributed by atoms with van der Waals surface area (Å²) in [5.41, 5.74) is 0. The molecule has 130 valence electrons. The van der Waals surface area contributed by atoms with Crippen molar-refractivity contribution >= 4 is 0 Å². The van der Waals surface area contributed by atoms with Crippen molar-refractivity contribution in [1.29, 1.82) is 0 Å². The molecule has 0 amide bonds. The van der Waals surface area contributed by atoms with E-state index in [0.717, 1.165) is 19.3 Å². The molecule has 1 fully saturated rings. The van der Waals surface area contributed by atoms with Crippen LogP contribution in [0.5, 0.6) is 0 Å². The number of hydrogen-bond donors (Lipinski definition) is 3. The van der Waals surface area contributed by atoms with Crippen molar-refractivity contribution in [1.82, 2.24) is 0 Å². The Hall–Kier alpha value is -0.460. The number of aliphatic hydroxyl groups is 3. The van der Waals surface area contributed by atoms with Gasteiger partial charge in [-0.3, -0.25) is 0 Å². The van der Waals surface area contributed by atoms with Crippen molar-refractivity contribution in [3.05, 3.63) is 12.2 Å². The van der Waals surface area contributed by atoms with Gasteiger partial charge in [0.15, 0.2) is 0 Å². The Morgan fingerprint density at radius 1 is 1.14 bits per heavy atom. The zero-order valence-electron chi connectivity index (χ0n) is 13.7. The van der Waals surface area contributed by atoms with E-state index in [4.69, 9.17) is 9.47 Å². The average Bonchev–Trinajstić information content (AvgIpc) is 2.84. The Kier molecular flexibility index (Phi) is 10.7. The van der Waals surface area contributed by atoms with Crippen LogP contribution < -0.4 is 0 Å². The van der Waals surface area contributed by atoms with Gasteiger partial charge in [-0.05, 0) is 25.7 Å². The molecule has 0 bridgehead atoms. The zero-order valence-corrected chi connectivity index (χ0v) is 13.7. The van der Waals surface area contributed by atoms with E-state index in [1.807, 2.05) is 0 Å². The topological polar surface area (TPSA) is 79.2 Å². The smallest absolute Gasteiger partial charge is 0.114 e. The molecule has 0 aromatic carbocycles. The summed E-state index contributed by atoms with van der Waals surface area (Å²) in [5.74, 6) is 0. The van der Waals surface area contributed by atoms with Crippen LogP contribution in [-0.4, -0.2) is 59.6 Å². The lowest BCUT2D eigenvalue weighted by Crippen LogP contribution is -2.40. The van der Waals surface area contributed by atoms with Crippen molar-refractivity contribution in [2.24, 2.45) is 0 Å². The quantitative estimate of drug-likeness (QED) is 0.378. The fraction of sp³-hybridized carbons (Fsp3) is 0.882. The largest absolute Gasteiger partial charge is 0.388 e. The summed E-state index contributed by atoms with van der Waals surface area (Å²) in [5, 5.41) is 28.8. The molecule has 1 saturated heterocycles. The summed E-state index contributed by atoms with van der Waals surface area (Å²) in [6, 6.07) is 0. The van der Waals surface area contributed by atoms with Crippen molar-refractivity contribution < 1.29 is 24.8 Å². The van der Waals surface area contributed by atoms with Gasteiger partial charge >= 0.3 is 0 Å². The van der Waals surface area contributed by atoms with Gasteiger partial charge < -0.3 is 24.8 Å². The molecule has 1 aliphatic rings. The number of ether oxygens (including phenoxy) is 2. The molecule has 3 N–H and O–H groups in total. The van der Waals surface area contributed by atoms with Crippen LogP contribution in [0.4, 0.5) is 0 Å². The van der Waals surface area contributed by atoms with Crippen LogP contribution in [0.2, 0.25) is 0 Å². The maximum atomic E-state index is 9.85. The van der Waals surface area contributed by atoms with Crippen LogP contribution in [0.3, 0.4) is 0 Å². The Morgan fingerprint density at radius 3 is 2.55 bits per heavy atom. The minimum Gasteiger partial charge on any atom is -0.388 e. The molecule has 0 radical (unpaired) electrons. The predicted molar refractivity (Wildman–Crippen MR) is 85.7 cm³/mol. The van der Waals surface area contributed by atoms with E-state index in [-0.39, 0.29) is 13.2 Å². The van der Waals surface area contributed by atoms with Gasteiger partial charge in [-0.2, -0.15) is 0 Å². The third-order valence-corrected chi connectivity index (χ3v) is 3.89. The first-order chi connectivity index (χ1) is 10.7. The van der Waals surface area contributed by atoms with Gasteiger partial charge in [0.05, 0.1) is 13.2 Å². The third kappa shape index (κ3) is 7.70. The van der Waals surface area contributed by atoms with Crippen LogP contribution >= 0.6 is 0 Å². The minimum atomic E-state index is -1.03. The molecule has 0 saturated carbocycles. The minimum absolute atomic E-state index is 0.0651. The van der Waals surface area contributed by atoms with Gasteiger partial charge in [-0.1, -0.05) is 38.3 Å². The summed E-state index contributed by atoms with van der Waals surface area (Å²) in [4.78, 5) is 0. The zero-order chi connectivity index (χ0) is 16.2. The molecule has 1 heterocycles. The molecule has 0 aromatic rings. The van der Waals surface area contributed by atoms with Gasteiger partial charge in [0, 0.05) is 6.61 Å². The number of aliphatic hydroxyl groups excluding tert-OH is 3. The van der Waals surface area contributed by atoms with Crippen molar-refractivity contribution in [3.63, 3.8) is 0 Å². The lowest BCUT2D eigenvalue weighted by Gasteiger charge is -2.20. The number of hydrogen-bond acceptors (Lipinski definition) is 5. The summed E-state index contributed by atoms with van der Waals surface area (Å²) >= 11 is 0. The van der Waals surface area contributed by atoms with Gasteiger partial charge in [-0.25, -0.2) is 0 Å². The Balaban J connectivity index is 1.91. The van der Waals surface area contributed by atoms with Crippen LogP contribution in [0.1, 0.15) is 51.9 Å². The molecule has 0 unspecified atom stereocenters. The highest BCUT2D eigenvalue weighted by atomic mass is 16.5. The fourth-order valence-electron chi connectivity index (χ4n) is 2.49. The summed E-state index contributed by atoms with van der Waals surface area (Å²) in [6.07, 6.45) is 8.97. The maximum absolute atomic E-state index is 9.85. The fourth-order valence-corrected chi connectivity index (χ4v) is 2.49. The molecular weight excluding hydrogens is 284 g/mol. The average molecular weight is 316 g/mol. The number of rotatable bonds is 12. The summed E-state index contributed by atoms with van der Waals surface area (Å²) < 4.78 is 10.6. The van der Waals surface area contributed by atoms with Gasteiger partial charge in [0.2, 0.25) is 0 Å². The Labute approximate surface area is 133 Å². The van der Waals surface area contributed by atoms with E-state index < -0.39 is 24.4 Å². The lowest BCUT2D eigenvalue weighted by molar-refractivity contribution is -0.0813. The first-order valence-electron chi connectivity index (χ1n) is 8.55. The number of unbranched alkanes of at least 4 members (excludes halogenated alkanes) is 5. The first-order valence-corrected chi connectivity index (χ1v) is 8.55. The third-order valence-electron chi connectivity index (χ3n) is 3.89. The van der Waals surface area contributed by atoms with E-state index >= 15 is 0 Å². The molecule has 0 aromatic heterocycles. The van der Waals surface area contributed by atoms with Gasteiger partial charge in [-0.15, -0.1) is 0 Å². The molecule has 0 spiro atoms. The standard InChI is InChI=1S/C17H32O5/c1-2-3-4-5-6-7-8-9-10-11-21-12-15(19)17-16(20)14(18)13-22-17/h4-5,14-20H,2-3,6-13H2,1H3/b5-4+/t14-,15+,16-,17-/m0/s1. The predicted octanol–water partition coefficient (Wildman–Crippen LogP) is 1.79. The van der Waals surface area contributed by atoms with E-state index in [1.165, 1.54) is 25.7 Å². The molecular formula is C17H32O5. The van der Waals surface area contributed by atoms with Crippen LogP contribution in [0, 0.1) is 0 Å². The molecule has 0 aliphatic carbocycles. The second-order valence-corrected chi connectivity index (χ2v) is 5.96. The second kappa shape index (κ2) is 12.0. The summed E-state index contributed by atoms with van der Waals surface area (Å²) in [7, 11) is 0. The van der Waals surface area contributed by atoms with Crippen molar-refractivity contribution in [3.8, 4) is 0 Å². The molecule has 4 atom stereocenters. The summed E-state index contributed by atoms with van der Waals surface area (Å²) in [6.45, 7) is 2.99. The molecule has 5 nitrogen and oxygen atoms in total. The highest BCUT2D eigenvalue weighted by molar-refractivity contribution is 4.87. The molecule has 1 rings (SSSR count). The monoisotopic (exact) mass is 316 g/mol. The first kappa shape index (κ1) is 19.6. The van der Waals surface area contributed by atoms with E-state index in [9.17, 15) is 15.3 Å². The lowest BCUT2D eigenvalue weighted by atomic mass is 10.1. The van der Waals surface area contributed by atoms with E-state index in [2.05, 4.69) is 19.1 Å². The van der Waals surface area contributed by atoms with Crippen LogP contribution in [0.15, 0.2) is 12.2 Å². The van der Waals surface area contributed by atoms with Gasteiger partial charge in [0.1, 0.15) is 24.4 Å². The normalized spacial score (nSPS) is 26.8. The molecule has 22 heavy (non-hydrogen) atoms. The second-order valence-electron chi connectivity index (χ2n) is 5.96. The van der Waals surface area contributed by atoms with Gasteiger partial charge in [0.25, 0.3) is 0 Å². The van der Waals surface area contributed by atoms with E-state index in [0.29, 0.717) is 6.61 Å². The molecule has 5 heteroatoms. The highest BCUT2D eigenvalue weighted by Gasteiger charge is 2.39. The highest BCUT2D eigenvalue weighted by Crippen LogP contribution is 2.17. The SMILES string of the molecule is CCC/C=C/CCCCCCOC[C@@H](O)[C@@H]1OC[C@H](O)[C@@H]1O. The van der Waals surface area contributed by atoms with Crippen molar-refractivity contribution in [2.45, 2.75) is 76.3 Å². The van der Waals surface area contributed by atoms with Crippen molar-refractivity contribution in [2.75, 3.05) is 19.8 Å². The Bertz CT molecular complexity index is 295. The van der Waals surface area contributed by atoms with E-state index in [1.54, 1.807) is 0 Å². The van der Waals surface area contributed by atoms with Crippen LogP contribution in [-0.2, 0) is 9.47 Å². The van der Waals surface area contributed by atoms with Crippen LogP contribution in [0.25, 0.3) is 0 Å². The molecule has 1 aliphatic heterocycles.